The van der Waals surface area contributed by atoms with Crippen LogP contribution in [0.4, 0.5) is 4.39 Å². The number of carbonyl (C=O) groups is 1. The molecule has 0 radical (unpaired) electrons. The predicted octanol–water partition coefficient (Wildman–Crippen LogP) is 2.85. The second-order valence-corrected chi connectivity index (χ2v) is 9.91. The van der Waals surface area contributed by atoms with Gasteiger partial charge in [0.25, 0.3) is 0 Å². The number of likely N-dealkylation sites (N-methyl/N-ethyl adjacent to an activating group) is 1. The van der Waals surface area contributed by atoms with Gasteiger partial charge in [-0.1, -0.05) is 17.7 Å². The van der Waals surface area contributed by atoms with Crippen LogP contribution in [0.2, 0.25) is 5.02 Å². The Kier molecular flexibility index (Phi) is 5.82. The van der Waals surface area contributed by atoms with Crippen LogP contribution in [0.1, 0.15) is 35.0 Å². The largest absolute Gasteiger partial charge is 0.341 e. The summed E-state index contributed by atoms with van der Waals surface area (Å²) in [5.41, 5.74) is 2.66. The van der Waals surface area contributed by atoms with Crippen molar-refractivity contribution in [1.82, 2.24) is 14.7 Å². The number of hydrogen-bond acceptors (Lipinski definition) is 4. The van der Waals surface area contributed by atoms with Gasteiger partial charge in [-0.3, -0.25) is 9.48 Å². The van der Waals surface area contributed by atoms with E-state index in [1.807, 2.05) is 13.8 Å². The van der Waals surface area contributed by atoms with Crippen molar-refractivity contribution in [3.63, 3.8) is 0 Å². The summed E-state index contributed by atoms with van der Waals surface area (Å²) in [6, 6.07) is 4.17. The molecule has 1 aliphatic heterocycles. The lowest BCUT2D eigenvalue weighted by atomic mass is 10.1. The quantitative estimate of drug-likeness (QED) is 0.735. The van der Waals surface area contributed by atoms with Crippen molar-refractivity contribution < 1.29 is 17.6 Å². The molecular weight excluding hydrogens is 405 g/mol. The van der Waals surface area contributed by atoms with Crippen molar-refractivity contribution in [2.75, 3.05) is 18.6 Å². The van der Waals surface area contributed by atoms with Gasteiger partial charge in [0.05, 0.1) is 29.7 Å². The maximum atomic E-state index is 14.0. The maximum Gasteiger partial charge on any atom is 0.227 e. The lowest BCUT2D eigenvalue weighted by Gasteiger charge is -2.19. The highest BCUT2D eigenvalue weighted by atomic mass is 35.5. The van der Waals surface area contributed by atoms with E-state index in [9.17, 15) is 17.6 Å². The molecule has 2 aromatic rings. The van der Waals surface area contributed by atoms with E-state index in [-0.39, 0.29) is 40.5 Å². The van der Waals surface area contributed by atoms with Gasteiger partial charge in [-0.25, -0.2) is 12.8 Å². The Morgan fingerprint density at radius 3 is 2.68 bits per heavy atom. The fourth-order valence-corrected chi connectivity index (χ4v) is 5.48. The minimum absolute atomic E-state index is 0.0922. The molecule has 1 aromatic heterocycles. The first-order valence-corrected chi connectivity index (χ1v) is 11.2. The molecule has 0 aliphatic carbocycles. The van der Waals surface area contributed by atoms with Crippen LogP contribution in [-0.2, 0) is 27.6 Å². The summed E-state index contributed by atoms with van der Waals surface area (Å²) in [5, 5.41) is 4.74. The molecule has 9 heteroatoms. The number of nitrogens with zero attached hydrogens (tertiary/aromatic N) is 3. The molecular formula is C19H23ClFN3O3S. The van der Waals surface area contributed by atoms with E-state index in [2.05, 4.69) is 5.10 Å². The molecule has 0 N–H and O–H groups in total. The van der Waals surface area contributed by atoms with Gasteiger partial charge in [-0.05, 0) is 32.4 Å². The zero-order valence-corrected chi connectivity index (χ0v) is 17.6. The highest BCUT2D eigenvalue weighted by Crippen LogP contribution is 2.27. The lowest BCUT2D eigenvalue weighted by molar-refractivity contribution is -0.129. The molecule has 1 fully saturated rings. The van der Waals surface area contributed by atoms with Crippen molar-refractivity contribution in [2.45, 2.75) is 39.3 Å². The molecule has 2 heterocycles. The molecule has 6 nitrogen and oxygen atoms in total. The Morgan fingerprint density at radius 1 is 1.36 bits per heavy atom. The molecule has 0 spiro atoms. The van der Waals surface area contributed by atoms with Crippen LogP contribution in [0, 0.1) is 19.7 Å². The zero-order valence-electron chi connectivity index (χ0n) is 16.1. The molecule has 0 saturated carbocycles. The van der Waals surface area contributed by atoms with E-state index in [0.717, 1.165) is 17.0 Å². The van der Waals surface area contributed by atoms with Crippen LogP contribution in [0.25, 0.3) is 0 Å². The number of halogens is 2. The van der Waals surface area contributed by atoms with Crippen molar-refractivity contribution in [2.24, 2.45) is 0 Å². The summed E-state index contributed by atoms with van der Waals surface area (Å²) in [5.74, 6) is -0.499. The molecule has 152 valence electrons. The van der Waals surface area contributed by atoms with Crippen LogP contribution in [0.5, 0.6) is 0 Å². The van der Waals surface area contributed by atoms with Gasteiger partial charge in [0, 0.05) is 35.4 Å². The Balaban J connectivity index is 1.75. The summed E-state index contributed by atoms with van der Waals surface area (Å²) in [6.45, 7) is 4.03. The van der Waals surface area contributed by atoms with E-state index in [1.54, 1.807) is 17.8 Å². The van der Waals surface area contributed by atoms with Crippen molar-refractivity contribution in [3.8, 4) is 0 Å². The monoisotopic (exact) mass is 427 g/mol. The van der Waals surface area contributed by atoms with Gasteiger partial charge in [0.1, 0.15) is 5.82 Å². The van der Waals surface area contributed by atoms with Gasteiger partial charge in [0.15, 0.2) is 9.84 Å². The Morgan fingerprint density at radius 2 is 2.07 bits per heavy atom. The standard InChI is InChI=1S/C19H23ClFN3O3S/c1-12-16(13(2)24(22-12)14-7-8-28(26,27)11-14)10-23(3)19(25)9-15-17(20)5-4-6-18(15)21/h4-6,14H,7-11H2,1-3H3/t14-/m1/s1. The second-order valence-electron chi connectivity index (χ2n) is 7.28. The molecule has 0 bridgehead atoms. The smallest absolute Gasteiger partial charge is 0.227 e. The fraction of sp³-hybridized carbons (Fsp3) is 0.474. The summed E-state index contributed by atoms with van der Waals surface area (Å²) in [6.07, 6.45) is 0.416. The Bertz CT molecular complexity index is 999. The summed E-state index contributed by atoms with van der Waals surface area (Å²) < 4.78 is 39.3. The second kappa shape index (κ2) is 7.83. The average molecular weight is 428 g/mol. The van der Waals surface area contributed by atoms with Gasteiger partial charge >= 0.3 is 0 Å². The Labute approximate surface area is 169 Å². The van der Waals surface area contributed by atoms with E-state index in [0.29, 0.717) is 13.0 Å². The topological polar surface area (TPSA) is 72.3 Å². The summed E-state index contributed by atoms with van der Waals surface area (Å²) >= 11 is 6.01. The van der Waals surface area contributed by atoms with Gasteiger partial charge in [-0.2, -0.15) is 5.10 Å². The Hall–Kier alpha value is -1.93. The highest BCUT2D eigenvalue weighted by Gasteiger charge is 2.31. The number of aromatic nitrogens is 2. The molecule has 1 amide bonds. The van der Waals surface area contributed by atoms with Gasteiger partial charge in [0.2, 0.25) is 5.91 Å². The number of aryl methyl sites for hydroxylation is 1. The average Bonchev–Trinajstić information content (AvgIpc) is 3.11. The van der Waals surface area contributed by atoms with Crippen molar-refractivity contribution in [3.05, 3.63) is 51.6 Å². The molecule has 1 aromatic carbocycles. The number of rotatable bonds is 5. The van der Waals surface area contributed by atoms with Crippen LogP contribution in [-0.4, -0.2) is 47.6 Å². The first-order valence-electron chi connectivity index (χ1n) is 9.01. The third-order valence-corrected chi connectivity index (χ3v) is 7.34. The van der Waals surface area contributed by atoms with Crippen LogP contribution < -0.4 is 0 Å². The maximum absolute atomic E-state index is 14.0. The highest BCUT2D eigenvalue weighted by molar-refractivity contribution is 7.91. The SMILES string of the molecule is Cc1nn([C@@H]2CCS(=O)(=O)C2)c(C)c1CN(C)C(=O)Cc1c(F)cccc1Cl. The number of sulfone groups is 1. The third-order valence-electron chi connectivity index (χ3n) is 5.24. The van der Waals surface area contributed by atoms with Crippen LogP contribution in [0.3, 0.4) is 0 Å². The molecule has 0 unspecified atom stereocenters. The fourth-order valence-electron chi connectivity index (χ4n) is 3.56. The molecule has 28 heavy (non-hydrogen) atoms. The van der Waals surface area contributed by atoms with Crippen LogP contribution >= 0.6 is 11.6 Å². The van der Waals surface area contributed by atoms with Crippen molar-refractivity contribution >= 4 is 27.3 Å². The minimum Gasteiger partial charge on any atom is -0.341 e. The lowest BCUT2D eigenvalue weighted by Crippen LogP contribution is -2.28. The van der Waals surface area contributed by atoms with E-state index >= 15 is 0 Å². The number of amides is 1. The summed E-state index contributed by atoms with van der Waals surface area (Å²) in [7, 11) is -1.37. The first-order chi connectivity index (χ1) is 13.1. The molecule has 1 aliphatic rings. The van der Waals surface area contributed by atoms with Gasteiger partial charge in [-0.15, -0.1) is 0 Å². The van der Waals surface area contributed by atoms with E-state index < -0.39 is 15.7 Å². The predicted molar refractivity (Wildman–Crippen MR) is 106 cm³/mol. The number of hydrogen-bond donors (Lipinski definition) is 0. The van der Waals surface area contributed by atoms with Crippen molar-refractivity contribution in [1.29, 1.82) is 0 Å². The van der Waals surface area contributed by atoms with Gasteiger partial charge < -0.3 is 4.90 Å². The number of carbonyl (C=O) groups excluding carboxylic acids is 1. The summed E-state index contributed by atoms with van der Waals surface area (Å²) in [4.78, 5) is 14.1. The first kappa shape index (κ1) is 20.8. The molecule has 1 atom stereocenters. The number of benzene rings is 1. The molecule has 1 saturated heterocycles. The zero-order chi connectivity index (χ0) is 20.6. The normalized spacial score (nSPS) is 18.4. The third kappa shape index (κ3) is 4.22. The molecule has 3 rings (SSSR count). The van der Waals surface area contributed by atoms with E-state index in [4.69, 9.17) is 11.6 Å². The van der Waals surface area contributed by atoms with Crippen LogP contribution in [0.15, 0.2) is 18.2 Å². The minimum atomic E-state index is -3.02. The van der Waals surface area contributed by atoms with E-state index in [1.165, 1.54) is 17.0 Å².